The van der Waals surface area contributed by atoms with Crippen LogP contribution in [-0.4, -0.2) is 37.2 Å². The predicted octanol–water partition coefficient (Wildman–Crippen LogP) is 23.9. The summed E-state index contributed by atoms with van der Waals surface area (Å²) in [6, 6.07) is 0. The Morgan fingerprint density at radius 3 is 0.768 bits per heavy atom. The molecule has 0 bridgehead atoms. The smallest absolute Gasteiger partial charge is 0.306 e. The molecule has 6 nitrogen and oxygen atoms in total. The molecule has 0 heterocycles. The van der Waals surface area contributed by atoms with Gasteiger partial charge in [-0.15, -0.1) is 0 Å². The van der Waals surface area contributed by atoms with Gasteiger partial charge in [0, 0.05) is 19.3 Å². The van der Waals surface area contributed by atoms with Crippen LogP contribution in [0, 0.1) is 0 Å². The lowest BCUT2D eigenvalue weighted by Gasteiger charge is -2.18. The maximum absolute atomic E-state index is 12.9. The topological polar surface area (TPSA) is 78.9 Å². The molecule has 468 valence electrons. The first kappa shape index (κ1) is 77.8. The van der Waals surface area contributed by atoms with E-state index in [9.17, 15) is 14.4 Å². The molecule has 82 heavy (non-hydrogen) atoms. The standard InChI is InChI=1S/C76H128O6/c1-4-7-10-13-16-19-22-25-28-30-32-33-34-35-36-37-38-39-40-41-42-43-44-46-48-51-54-57-60-63-66-69-75(78)81-72-73(71-80-74(77)68-65-62-59-56-53-50-47-27-24-21-18-15-12-9-6-3)82-76(79)70-67-64-61-58-55-52-49-45-31-29-26-23-20-17-14-11-8-5-2/h7,10,16,19,25,28-29,31-33,35-36,38-39,41-42,44,46,51,54,73H,4-6,8-9,11-15,17-18,20-24,26-27,30,34,37,40,43,45,47-50,52-53,55-72H2,1-3H3/b10-7-,19-16-,28-25-,31-29-,33-32-,36-35-,39-38-,42-41-,46-44-,54-51-. The fraction of sp³-hybridized carbons (Fsp3) is 0.697. The largest absolute Gasteiger partial charge is 0.462 e. The number of esters is 3. The number of unbranched alkanes of at least 4 members (excludes halogenated alkanes) is 31. The molecule has 0 aromatic carbocycles. The molecule has 1 unspecified atom stereocenters. The van der Waals surface area contributed by atoms with Crippen molar-refractivity contribution < 1.29 is 28.6 Å². The zero-order valence-electron chi connectivity index (χ0n) is 53.7. The first-order valence-corrected chi connectivity index (χ1v) is 34.5. The van der Waals surface area contributed by atoms with E-state index in [4.69, 9.17) is 14.2 Å². The van der Waals surface area contributed by atoms with Gasteiger partial charge in [0.05, 0.1) is 0 Å². The lowest BCUT2D eigenvalue weighted by atomic mass is 10.0. The molecule has 0 fully saturated rings. The molecular weight excluding hydrogens is 1010 g/mol. The van der Waals surface area contributed by atoms with E-state index in [1.165, 1.54) is 161 Å². The van der Waals surface area contributed by atoms with Gasteiger partial charge in [-0.05, 0) is 116 Å². The Labute approximate surface area is 507 Å². The fourth-order valence-corrected chi connectivity index (χ4v) is 9.55. The summed E-state index contributed by atoms with van der Waals surface area (Å²) in [5, 5.41) is 0. The average Bonchev–Trinajstić information content (AvgIpc) is 3.47. The monoisotopic (exact) mass is 1140 g/mol. The normalized spacial score (nSPS) is 12.9. The Balaban J connectivity index is 4.40. The average molecular weight is 1140 g/mol. The summed E-state index contributed by atoms with van der Waals surface area (Å²) in [5.74, 6) is -0.917. The highest BCUT2D eigenvalue weighted by atomic mass is 16.6. The summed E-state index contributed by atoms with van der Waals surface area (Å²) >= 11 is 0. The van der Waals surface area contributed by atoms with Crippen LogP contribution in [0.15, 0.2) is 122 Å². The van der Waals surface area contributed by atoms with Crippen LogP contribution in [0.5, 0.6) is 0 Å². The van der Waals surface area contributed by atoms with E-state index in [1.54, 1.807) is 0 Å². The van der Waals surface area contributed by atoms with Gasteiger partial charge in [-0.1, -0.05) is 309 Å². The van der Waals surface area contributed by atoms with Crippen LogP contribution in [0.4, 0.5) is 0 Å². The Hall–Kier alpha value is -4.19. The minimum Gasteiger partial charge on any atom is -0.462 e. The van der Waals surface area contributed by atoms with Gasteiger partial charge in [-0.3, -0.25) is 14.4 Å². The van der Waals surface area contributed by atoms with Gasteiger partial charge in [0.1, 0.15) is 13.2 Å². The predicted molar refractivity (Wildman–Crippen MR) is 357 cm³/mol. The Morgan fingerprint density at radius 2 is 0.476 bits per heavy atom. The first-order chi connectivity index (χ1) is 40.5. The van der Waals surface area contributed by atoms with Crippen molar-refractivity contribution in [2.45, 2.75) is 329 Å². The number of hydrogen-bond donors (Lipinski definition) is 0. The zero-order valence-corrected chi connectivity index (χ0v) is 53.7. The fourth-order valence-electron chi connectivity index (χ4n) is 9.55. The van der Waals surface area contributed by atoms with E-state index < -0.39 is 6.10 Å². The Bertz CT molecular complexity index is 1690. The maximum atomic E-state index is 12.9. The molecule has 0 amide bonds. The molecule has 0 aromatic rings. The number of rotatable bonds is 62. The third kappa shape index (κ3) is 66.6. The minimum absolute atomic E-state index is 0.0891. The van der Waals surface area contributed by atoms with Gasteiger partial charge in [0.15, 0.2) is 6.10 Å². The molecule has 0 aliphatic carbocycles. The third-order valence-corrected chi connectivity index (χ3v) is 14.7. The van der Waals surface area contributed by atoms with Crippen LogP contribution in [0.1, 0.15) is 323 Å². The van der Waals surface area contributed by atoms with Crippen molar-refractivity contribution in [3.63, 3.8) is 0 Å². The van der Waals surface area contributed by atoms with Gasteiger partial charge in [-0.25, -0.2) is 0 Å². The van der Waals surface area contributed by atoms with Gasteiger partial charge in [0.2, 0.25) is 0 Å². The first-order valence-electron chi connectivity index (χ1n) is 34.5. The summed E-state index contributed by atoms with van der Waals surface area (Å²) in [5.41, 5.74) is 0. The molecular formula is C76H128O6. The molecule has 6 heteroatoms. The summed E-state index contributed by atoms with van der Waals surface area (Å²) < 4.78 is 16.9. The van der Waals surface area contributed by atoms with Crippen molar-refractivity contribution in [2.75, 3.05) is 13.2 Å². The van der Waals surface area contributed by atoms with Crippen LogP contribution < -0.4 is 0 Å². The summed E-state index contributed by atoms with van der Waals surface area (Å²) in [4.78, 5) is 38.4. The highest BCUT2D eigenvalue weighted by molar-refractivity contribution is 5.71. The van der Waals surface area contributed by atoms with Crippen LogP contribution in [-0.2, 0) is 28.6 Å². The van der Waals surface area contributed by atoms with E-state index >= 15 is 0 Å². The lowest BCUT2D eigenvalue weighted by molar-refractivity contribution is -0.167. The van der Waals surface area contributed by atoms with E-state index in [0.29, 0.717) is 19.3 Å². The molecule has 0 saturated heterocycles. The summed E-state index contributed by atoms with van der Waals surface area (Å²) in [6.07, 6.45) is 96.4. The van der Waals surface area contributed by atoms with Crippen molar-refractivity contribution >= 4 is 17.9 Å². The number of carbonyl (C=O) groups is 3. The van der Waals surface area contributed by atoms with Gasteiger partial charge in [-0.2, -0.15) is 0 Å². The van der Waals surface area contributed by atoms with Crippen LogP contribution in [0.2, 0.25) is 0 Å². The van der Waals surface area contributed by atoms with E-state index in [-0.39, 0.29) is 31.1 Å². The highest BCUT2D eigenvalue weighted by Crippen LogP contribution is 2.16. The molecule has 0 aliphatic heterocycles. The second kappa shape index (κ2) is 69.3. The molecule has 0 rings (SSSR count). The Morgan fingerprint density at radius 1 is 0.256 bits per heavy atom. The maximum Gasteiger partial charge on any atom is 0.306 e. The number of allylic oxidation sites excluding steroid dienone is 20. The van der Waals surface area contributed by atoms with Gasteiger partial charge >= 0.3 is 17.9 Å². The zero-order chi connectivity index (χ0) is 59.2. The van der Waals surface area contributed by atoms with Gasteiger partial charge < -0.3 is 14.2 Å². The molecule has 0 spiro atoms. The number of carbonyl (C=O) groups excluding carboxylic acids is 3. The summed E-state index contributed by atoms with van der Waals surface area (Å²) in [6.45, 7) is 6.52. The highest BCUT2D eigenvalue weighted by Gasteiger charge is 2.19. The van der Waals surface area contributed by atoms with Crippen LogP contribution in [0.3, 0.4) is 0 Å². The second-order valence-electron chi connectivity index (χ2n) is 22.7. The summed E-state index contributed by atoms with van der Waals surface area (Å²) in [7, 11) is 0. The quantitative estimate of drug-likeness (QED) is 0.0261. The molecule has 0 aliphatic rings. The van der Waals surface area contributed by atoms with Crippen LogP contribution in [0.25, 0.3) is 0 Å². The van der Waals surface area contributed by atoms with Gasteiger partial charge in [0.25, 0.3) is 0 Å². The van der Waals surface area contributed by atoms with Crippen molar-refractivity contribution in [3.05, 3.63) is 122 Å². The van der Waals surface area contributed by atoms with Crippen molar-refractivity contribution in [1.82, 2.24) is 0 Å². The van der Waals surface area contributed by atoms with Crippen molar-refractivity contribution in [2.24, 2.45) is 0 Å². The van der Waals surface area contributed by atoms with Crippen molar-refractivity contribution in [1.29, 1.82) is 0 Å². The lowest BCUT2D eigenvalue weighted by Crippen LogP contribution is -2.30. The number of hydrogen-bond acceptors (Lipinski definition) is 6. The molecule has 0 saturated carbocycles. The second-order valence-corrected chi connectivity index (χ2v) is 22.7. The van der Waals surface area contributed by atoms with E-state index in [0.717, 1.165) is 122 Å². The Kier molecular flexibility index (Phi) is 65.8. The molecule has 1 atom stereocenters. The van der Waals surface area contributed by atoms with Crippen LogP contribution >= 0.6 is 0 Å². The molecule has 0 N–H and O–H groups in total. The molecule has 0 radical (unpaired) electrons. The molecule has 0 aromatic heterocycles. The third-order valence-electron chi connectivity index (χ3n) is 14.7. The van der Waals surface area contributed by atoms with E-state index in [1.807, 2.05) is 0 Å². The van der Waals surface area contributed by atoms with Crippen molar-refractivity contribution in [3.8, 4) is 0 Å². The minimum atomic E-state index is -0.797. The SMILES string of the molecule is CC/C=C\C/C=C\C/C=C\C/C=C\C/C=C\C/C=C\C/C=C\C/C=C\C/C=C\CCCCCC(=O)OCC(COC(=O)CCCCCCCCCCCCCCCCC)OC(=O)CCCCCCCCC/C=C\CCCCCCCCC. The number of ether oxygens (including phenoxy) is 3. The van der Waals surface area contributed by atoms with E-state index in [2.05, 4.69) is 142 Å².